The number of halogens is 1. The first kappa shape index (κ1) is 14.4. The molecule has 7 heteroatoms. The van der Waals surface area contributed by atoms with E-state index in [0.717, 1.165) is 6.07 Å². The van der Waals surface area contributed by atoms with E-state index in [4.69, 9.17) is 9.94 Å². The van der Waals surface area contributed by atoms with E-state index in [0.29, 0.717) is 24.1 Å². The monoisotopic (exact) mass is 282 g/mol. The number of methoxy groups -OCH3 is 1. The van der Waals surface area contributed by atoms with Gasteiger partial charge in [-0.2, -0.15) is 0 Å². The summed E-state index contributed by atoms with van der Waals surface area (Å²) in [5.41, 5.74) is 2.60. The highest BCUT2D eigenvalue weighted by atomic mass is 19.1. The number of fused-ring (bicyclic) bond motifs is 1. The third-order valence-electron chi connectivity index (χ3n) is 3.27. The zero-order valence-electron chi connectivity index (χ0n) is 11.0. The van der Waals surface area contributed by atoms with Crippen LogP contribution in [-0.4, -0.2) is 42.2 Å². The number of amides is 2. The molecule has 6 nitrogen and oxygen atoms in total. The summed E-state index contributed by atoms with van der Waals surface area (Å²) in [6.45, 7) is 0.561. The van der Waals surface area contributed by atoms with Crippen LogP contribution in [0.3, 0.4) is 0 Å². The Morgan fingerprint density at radius 3 is 2.90 bits per heavy atom. The summed E-state index contributed by atoms with van der Waals surface area (Å²) in [6, 6.07) is 2.58. The second-order valence-electron chi connectivity index (χ2n) is 4.53. The number of hydrogen-bond acceptors (Lipinski definition) is 4. The molecule has 0 saturated carbocycles. The first-order valence-electron chi connectivity index (χ1n) is 6.09. The van der Waals surface area contributed by atoms with Gasteiger partial charge in [-0.3, -0.25) is 14.8 Å². The Morgan fingerprint density at radius 1 is 1.50 bits per heavy atom. The molecule has 1 aliphatic heterocycles. The Bertz CT molecular complexity index is 547. The molecule has 2 rings (SSSR count). The fourth-order valence-corrected chi connectivity index (χ4v) is 2.24. The van der Waals surface area contributed by atoms with Gasteiger partial charge in [-0.1, -0.05) is 0 Å². The second kappa shape index (κ2) is 5.98. The van der Waals surface area contributed by atoms with Crippen LogP contribution in [0.4, 0.5) is 4.39 Å². The van der Waals surface area contributed by atoms with Gasteiger partial charge in [0.1, 0.15) is 12.4 Å². The molecule has 0 atom stereocenters. The molecule has 0 aromatic heterocycles. The number of ether oxygens (including phenoxy) is 1. The normalized spacial score (nSPS) is 13.8. The van der Waals surface area contributed by atoms with Crippen molar-refractivity contribution in [1.29, 1.82) is 0 Å². The van der Waals surface area contributed by atoms with Crippen molar-refractivity contribution in [3.05, 3.63) is 34.6 Å². The molecule has 1 aromatic carbocycles. The zero-order chi connectivity index (χ0) is 14.7. The van der Waals surface area contributed by atoms with Gasteiger partial charge >= 0.3 is 0 Å². The summed E-state index contributed by atoms with van der Waals surface area (Å²) < 4.78 is 18.8. The molecule has 0 spiro atoms. The van der Waals surface area contributed by atoms with Crippen molar-refractivity contribution >= 4 is 11.8 Å². The largest absolute Gasteiger partial charge is 0.375 e. The van der Waals surface area contributed by atoms with Gasteiger partial charge in [0, 0.05) is 31.3 Å². The molecular weight excluding hydrogens is 267 g/mol. The summed E-state index contributed by atoms with van der Waals surface area (Å²) in [4.78, 5) is 24.5. The molecular formula is C13H15FN2O4. The fraction of sp³-hybridized carbons (Fsp3) is 0.385. The van der Waals surface area contributed by atoms with E-state index >= 15 is 0 Å². The maximum atomic E-state index is 14.0. The van der Waals surface area contributed by atoms with Crippen LogP contribution in [-0.2, 0) is 22.5 Å². The Morgan fingerprint density at radius 2 is 2.25 bits per heavy atom. The predicted molar refractivity (Wildman–Crippen MR) is 66.6 cm³/mol. The van der Waals surface area contributed by atoms with Crippen molar-refractivity contribution in [1.82, 2.24) is 10.4 Å². The van der Waals surface area contributed by atoms with Crippen molar-refractivity contribution in [2.75, 3.05) is 20.3 Å². The number of hydroxylamine groups is 1. The van der Waals surface area contributed by atoms with Crippen molar-refractivity contribution < 1.29 is 23.9 Å². The molecule has 1 aromatic rings. The van der Waals surface area contributed by atoms with Gasteiger partial charge < -0.3 is 9.64 Å². The van der Waals surface area contributed by atoms with Crippen LogP contribution in [0.5, 0.6) is 0 Å². The lowest BCUT2D eigenvalue weighted by Crippen LogP contribution is -2.38. The maximum Gasteiger partial charge on any atom is 0.274 e. The Kier molecular flexibility index (Phi) is 4.31. The average molecular weight is 282 g/mol. The lowest BCUT2D eigenvalue weighted by molar-refractivity contribution is -0.136. The van der Waals surface area contributed by atoms with Crippen LogP contribution >= 0.6 is 0 Å². The van der Waals surface area contributed by atoms with Gasteiger partial charge in [-0.25, -0.2) is 9.87 Å². The summed E-state index contributed by atoms with van der Waals surface area (Å²) in [5.74, 6) is -1.52. The van der Waals surface area contributed by atoms with Crippen LogP contribution < -0.4 is 5.48 Å². The molecule has 0 radical (unpaired) electrons. The number of hydrogen-bond donors (Lipinski definition) is 2. The number of nitrogens with zero attached hydrogens (tertiary/aromatic N) is 1. The molecule has 2 amide bonds. The highest BCUT2D eigenvalue weighted by molar-refractivity contribution is 5.93. The van der Waals surface area contributed by atoms with E-state index in [1.807, 2.05) is 0 Å². The van der Waals surface area contributed by atoms with E-state index in [1.54, 1.807) is 0 Å². The Hall–Kier alpha value is -1.99. The zero-order valence-corrected chi connectivity index (χ0v) is 11.0. The van der Waals surface area contributed by atoms with Crippen LogP contribution in [0.1, 0.15) is 21.5 Å². The number of rotatable bonds is 3. The highest BCUT2D eigenvalue weighted by Crippen LogP contribution is 2.23. The predicted octanol–water partition coefficient (Wildman–Crippen LogP) is 0.476. The molecule has 0 unspecified atom stereocenters. The van der Waals surface area contributed by atoms with Crippen molar-refractivity contribution in [2.24, 2.45) is 0 Å². The summed E-state index contributed by atoms with van der Waals surface area (Å²) >= 11 is 0. The number of carbonyl (C=O) groups excluding carboxylic acids is 2. The molecule has 108 valence electrons. The van der Waals surface area contributed by atoms with Crippen LogP contribution in [0.15, 0.2) is 12.1 Å². The molecule has 1 heterocycles. The average Bonchev–Trinajstić information content (AvgIpc) is 2.46. The highest BCUT2D eigenvalue weighted by Gasteiger charge is 2.24. The van der Waals surface area contributed by atoms with Gasteiger partial charge in [0.05, 0.1) is 0 Å². The van der Waals surface area contributed by atoms with E-state index in [1.165, 1.54) is 23.6 Å². The van der Waals surface area contributed by atoms with Crippen molar-refractivity contribution in [3.8, 4) is 0 Å². The van der Waals surface area contributed by atoms with Crippen LogP contribution in [0.2, 0.25) is 0 Å². The molecule has 0 fully saturated rings. The molecule has 0 aliphatic carbocycles. The van der Waals surface area contributed by atoms with Gasteiger partial charge in [0.25, 0.3) is 5.91 Å². The molecule has 0 saturated heterocycles. The summed E-state index contributed by atoms with van der Waals surface area (Å²) in [7, 11) is 1.43. The Labute approximate surface area is 115 Å². The van der Waals surface area contributed by atoms with E-state index < -0.39 is 11.7 Å². The first-order chi connectivity index (χ1) is 9.56. The molecule has 2 N–H and O–H groups in total. The molecule has 20 heavy (non-hydrogen) atoms. The topological polar surface area (TPSA) is 78.9 Å². The van der Waals surface area contributed by atoms with E-state index in [-0.39, 0.29) is 24.6 Å². The van der Waals surface area contributed by atoms with Crippen LogP contribution in [0, 0.1) is 5.82 Å². The third-order valence-corrected chi connectivity index (χ3v) is 3.27. The molecule has 1 aliphatic rings. The minimum Gasteiger partial charge on any atom is -0.375 e. The standard InChI is InChI=1S/C13H15FN2O4/c1-20-7-12(17)16-3-2-8-4-9(13(18)15-19)5-11(14)10(8)6-16/h4-5,19H,2-3,6-7H2,1H3,(H,15,18). The third kappa shape index (κ3) is 2.78. The van der Waals surface area contributed by atoms with Crippen molar-refractivity contribution in [2.45, 2.75) is 13.0 Å². The van der Waals surface area contributed by atoms with Crippen LogP contribution in [0.25, 0.3) is 0 Å². The minimum atomic E-state index is -0.760. The summed E-state index contributed by atoms with van der Waals surface area (Å²) in [6.07, 6.45) is 0.453. The number of nitrogens with one attached hydrogen (secondary N) is 1. The van der Waals surface area contributed by atoms with Gasteiger partial charge in [0.2, 0.25) is 5.91 Å². The minimum absolute atomic E-state index is 0.0397. The Balaban J connectivity index is 2.25. The number of carbonyl (C=O) groups is 2. The van der Waals surface area contributed by atoms with Crippen molar-refractivity contribution in [3.63, 3.8) is 0 Å². The SMILES string of the molecule is COCC(=O)N1CCc2cc(C(=O)NO)cc(F)c2C1. The fourth-order valence-electron chi connectivity index (χ4n) is 2.24. The van der Waals surface area contributed by atoms with E-state index in [9.17, 15) is 14.0 Å². The first-order valence-corrected chi connectivity index (χ1v) is 6.09. The summed E-state index contributed by atoms with van der Waals surface area (Å²) in [5, 5.41) is 8.57. The van der Waals surface area contributed by atoms with Gasteiger partial charge in [0.15, 0.2) is 0 Å². The number of benzene rings is 1. The second-order valence-corrected chi connectivity index (χ2v) is 4.53. The molecule has 0 bridgehead atoms. The van der Waals surface area contributed by atoms with E-state index in [2.05, 4.69) is 0 Å². The van der Waals surface area contributed by atoms with Gasteiger partial charge in [-0.15, -0.1) is 0 Å². The lowest BCUT2D eigenvalue weighted by atomic mass is 9.96. The smallest absolute Gasteiger partial charge is 0.274 e. The maximum absolute atomic E-state index is 14.0. The lowest BCUT2D eigenvalue weighted by Gasteiger charge is -2.29. The quantitative estimate of drug-likeness (QED) is 0.624. The van der Waals surface area contributed by atoms with Gasteiger partial charge in [-0.05, 0) is 24.1 Å².